The van der Waals surface area contributed by atoms with Crippen molar-refractivity contribution < 1.29 is 4.74 Å². The van der Waals surface area contributed by atoms with Gasteiger partial charge in [-0.25, -0.2) is 0 Å². The van der Waals surface area contributed by atoms with Gasteiger partial charge in [0.1, 0.15) is 0 Å². The lowest BCUT2D eigenvalue weighted by molar-refractivity contribution is -0.155. The molecule has 0 atom stereocenters. The maximum atomic E-state index is 6.52. The fourth-order valence-corrected chi connectivity index (χ4v) is 3.36. The van der Waals surface area contributed by atoms with Crippen LogP contribution in [0.2, 0.25) is 0 Å². The van der Waals surface area contributed by atoms with E-state index in [9.17, 15) is 0 Å². The molecule has 0 aliphatic heterocycles. The summed E-state index contributed by atoms with van der Waals surface area (Å²) in [5.41, 5.74) is 0.400. The average molecular weight is 284 g/mol. The van der Waals surface area contributed by atoms with E-state index in [2.05, 4.69) is 60.7 Å². The second-order valence-corrected chi connectivity index (χ2v) is 9.07. The summed E-state index contributed by atoms with van der Waals surface area (Å²) in [5, 5.41) is 3.61. The Morgan fingerprint density at radius 3 is 1.90 bits per heavy atom. The minimum atomic E-state index is -0.0623. The summed E-state index contributed by atoms with van der Waals surface area (Å²) in [4.78, 5) is 0. The highest BCUT2D eigenvalue weighted by molar-refractivity contribution is 4.94. The van der Waals surface area contributed by atoms with E-state index in [1.807, 2.05) is 0 Å². The zero-order chi connectivity index (χ0) is 15.6. The normalized spacial score (nSPS) is 28.9. The van der Waals surface area contributed by atoms with E-state index in [4.69, 9.17) is 4.74 Å². The minimum Gasteiger partial charge on any atom is -0.368 e. The molecule has 0 radical (unpaired) electrons. The molecule has 1 aliphatic rings. The van der Waals surface area contributed by atoms with Gasteiger partial charge < -0.3 is 10.1 Å². The summed E-state index contributed by atoms with van der Waals surface area (Å²) >= 11 is 0. The lowest BCUT2D eigenvalue weighted by Crippen LogP contribution is -2.51. The van der Waals surface area contributed by atoms with Crippen LogP contribution in [-0.2, 0) is 4.74 Å². The molecule has 1 aliphatic carbocycles. The van der Waals surface area contributed by atoms with Crippen LogP contribution in [0.4, 0.5) is 0 Å². The Morgan fingerprint density at radius 1 is 1.05 bits per heavy atom. The molecule has 0 saturated heterocycles. The van der Waals surface area contributed by atoms with Crippen molar-refractivity contribution in [3.8, 4) is 0 Å². The SMILES string of the molecule is CC(C)NCC1(OC(C)(C)C)CCC(C(C)(C)C)CC1. The van der Waals surface area contributed by atoms with Crippen LogP contribution < -0.4 is 5.32 Å². The van der Waals surface area contributed by atoms with Crippen LogP contribution in [-0.4, -0.2) is 23.8 Å². The molecule has 0 aromatic heterocycles. The van der Waals surface area contributed by atoms with Gasteiger partial charge in [0.2, 0.25) is 0 Å². The van der Waals surface area contributed by atoms with Crippen LogP contribution in [0.3, 0.4) is 0 Å². The van der Waals surface area contributed by atoms with Gasteiger partial charge in [-0.3, -0.25) is 0 Å². The summed E-state index contributed by atoms with van der Waals surface area (Å²) < 4.78 is 6.52. The first kappa shape index (κ1) is 18.0. The molecular weight excluding hydrogens is 246 g/mol. The van der Waals surface area contributed by atoms with Crippen molar-refractivity contribution in [2.45, 2.75) is 98.3 Å². The predicted octanol–water partition coefficient (Wildman–Crippen LogP) is 4.77. The van der Waals surface area contributed by atoms with Crippen LogP contribution in [0, 0.1) is 11.3 Å². The van der Waals surface area contributed by atoms with Crippen molar-refractivity contribution in [3.63, 3.8) is 0 Å². The molecule has 1 fully saturated rings. The molecular formula is C18H37NO. The molecule has 20 heavy (non-hydrogen) atoms. The molecule has 0 bridgehead atoms. The minimum absolute atomic E-state index is 0.0320. The highest BCUT2D eigenvalue weighted by atomic mass is 16.5. The van der Waals surface area contributed by atoms with Crippen LogP contribution in [0.15, 0.2) is 0 Å². The highest BCUT2D eigenvalue weighted by Crippen LogP contribution is 2.43. The smallest absolute Gasteiger partial charge is 0.0813 e. The van der Waals surface area contributed by atoms with E-state index in [1.165, 1.54) is 25.7 Å². The van der Waals surface area contributed by atoms with E-state index in [0.29, 0.717) is 11.5 Å². The molecule has 0 aromatic carbocycles. The fraction of sp³-hybridized carbons (Fsp3) is 1.00. The van der Waals surface area contributed by atoms with Crippen LogP contribution in [0.25, 0.3) is 0 Å². The second-order valence-electron chi connectivity index (χ2n) is 9.07. The molecule has 120 valence electrons. The van der Waals surface area contributed by atoms with Gasteiger partial charge in [0.05, 0.1) is 11.2 Å². The molecule has 1 saturated carbocycles. The third-order valence-electron chi connectivity index (χ3n) is 4.48. The third kappa shape index (κ3) is 5.73. The Balaban J connectivity index is 2.72. The Bertz CT molecular complexity index is 288. The molecule has 0 heterocycles. The third-order valence-corrected chi connectivity index (χ3v) is 4.48. The van der Waals surface area contributed by atoms with Crippen molar-refractivity contribution >= 4 is 0 Å². The monoisotopic (exact) mass is 283 g/mol. The number of hydrogen-bond donors (Lipinski definition) is 1. The largest absolute Gasteiger partial charge is 0.368 e. The topological polar surface area (TPSA) is 21.3 Å². The lowest BCUT2D eigenvalue weighted by atomic mass is 9.68. The van der Waals surface area contributed by atoms with Crippen molar-refractivity contribution in [1.82, 2.24) is 5.32 Å². The number of ether oxygens (including phenoxy) is 1. The number of rotatable bonds is 4. The average Bonchev–Trinajstić information content (AvgIpc) is 2.23. The first-order valence-electron chi connectivity index (χ1n) is 8.37. The van der Waals surface area contributed by atoms with Crippen LogP contribution >= 0.6 is 0 Å². The molecule has 0 amide bonds. The highest BCUT2D eigenvalue weighted by Gasteiger charge is 2.41. The zero-order valence-electron chi connectivity index (χ0n) is 15.1. The molecule has 1 rings (SSSR count). The van der Waals surface area contributed by atoms with E-state index in [1.54, 1.807) is 0 Å². The van der Waals surface area contributed by atoms with Crippen molar-refractivity contribution in [2.24, 2.45) is 11.3 Å². The van der Waals surface area contributed by atoms with Gasteiger partial charge in [-0.15, -0.1) is 0 Å². The van der Waals surface area contributed by atoms with E-state index >= 15 is 0 Å². The maximum Gasteiger partial charge on any atom is 0.0813 e. The van der Waals surface area contributed by atoms with Gasteiger partial charge in [0.15, 0.2) is 0 Å². The Kier molecular flexibility index (Phi) is 5.71. The van der Waals surface area contributed by atoms with Crippen molar-refractivity contribution in [1.29, 1.82) is 0 Å². The van der Waals surface area contributed by atoms with Gasteiger partial charge in [-0.2, -0.15) is 0 Å². The van der Waals surface area contributed by atoms with E-state index < -0.39 is 0 Å². The molecule has 0 aromatic rings. The van der Waals surface area contributed by atoms with E-state index in [-0.39, 0.29) is 11.2 Å². The quantitative estimate of drug-likeness (QED) is 0.802. The Labute approximate surface area is 127 Å². The standard InChI is InChI=1S/C18H37NO/c1-14(2)19-13-18(20-17(6,7)8)11-9-15(10-12-18)16(3,4)5/h14-15,19H,9-13H2,1-8H3. The van der Waals surface area contributed by atoms with Crippen LogP contribution in [0.5, 0.6) is 0 Å². The summed E-state index contributed by atoms with van der Waals surface area (Å²) in [6.07, 6.45) is 4.95. The maximum absolute atomic E-state index is 6.52. The summed E-state index contributed by atoms with van der Waals surface area (Å²) in [6.45, 7) is 19.1. The second kappa shape index (κ2) is 6.36. The molecule has 0 unspecified atom stereocenters. The molecule has 1 N–H and O–H groups in total. The Morgan fingerprint density at radius 2 is 1.55 bits per heavy atom. The lowest BCUT2D eigenvalue weighted by Gasteiger charge is -2.47. The molecule has 2 nitrogen and oxygen atoms in total. The Hall–Kier alpha value is -0.0800. The number of nitrogens with one attached hydrogen (secondary N) is 1. The fourth-order valence-electron chi connectivity index (χ4n) is 3.36. The van der Waals surface area contributed by atoms with Crippen molar-refractivity contribution in [2.75, 3.05) is 6.54 Å². The van der Waals surface area contributed by atoms with Gasteiger partial charge in [0, 0.05) is 12.6 Å². The van der Waals surface area contributed by atoms with E-state index in [0.717, 1.165) is 12.5 Å². The zero-order valence-corrected chi connectivity index (χ0v) is 15.1. The van der Waals surface area contributed by atoms with Gasteiger partial charge in [-0.1, -0.05) is 34.6 Å². The summed E-state index contributed by atoms with van der Waals surface area (Å²) in [7, 11) is 0. The summed E-state index contributed by atoms with van der Waals surface area (Å²) in [5.74, 6) is 0.832. The first-order chi connectivity index (χ1) is 8.94. The molecule has 0 spiro atoms. The van der Waals surface area contributed by atoms with Crippen LogP contribution in [0.1, 0.15) is 81.1 Å². The van der Waals surface area contributed by atoms with Gasteiger partial charge >= 0.3 is 0 Å². The summed E-state index contributed by atoms with van der Waals surface area (Å²) in [6, 6.07) is 0.524. The van der Waals surface area contributed by atoms with Gasteiger partial charge in [-0.05, 0) is 57.8 Å². The number of hydrogen-bond acceptors (Lipinski definition) is 2. The van der Waals surface area contributed by atoms with Crippen molar-refractivity contribution in [3.05, 3.63) is 0 Å². The molecule has 2 heteroatoms. The van der Waals surface area contributed by atoms with Gasteiger partial charge in [0.25, 0.3) is 0 Å². The first-order valence-corrected chi connectivity index (χ1v) is 8.37. The predicted molar refractivity (Wildman–Crippen MR) is 88.1 cm³/mol.